The molecule has 0 spiro atoms. The van der Waals surface area contributed by atoms with Crippen LogP contribution in [-0.2, 0) is 14.8 Å². The number of amides is 1. The van der Waals surface area contributed by atoms with Gasteiger partial charge in [0.2, 0.25) is 16.0 Å². The van der Waals surface area contributed by atoms with Crippen LogP contribution in [0.1, 0.15) is 6.92 Å². The van der Waals surface area contributed by atoms with Gasteiger partial charge in [0.15, 0.2) is 6.10 Å². The molecular formula is C17H19N5O4S. The zero-order chi connectivity index (χ0) is 19.0. The van der Waals surface area contributed by atoms with Gasteiger partial charge in [-0.2, -0.15) is 4.31 Å². The normalized spacial score (nSPS) is 20.6. The van der Waals surface area contributed by atoms with E-state index in [1.54, 1.807) is 31.5 Å². The Hall–Kier alpha value is -2.72. The molecule has 2 aromatic rings. The van der Waals surface area contributed by atoms with Crippen molar-refractivity contribution in [2.75, 3.05) is 36.4 Å². The summed E-state index contributed by atoms with van der Waals surface area (Å²) in [6, 6.07) is 6.25. The minimum Gasteiger partial charge on any atom is -0.479 e. The highest BCUT2D eigenvalue weighted by Gasteiger charge is 2.31. The lowest BCUT2D eigenvalue weighted by Gasteiger charge is -2.34. The van der Waals surface area contributed by atoms with Crippen LogP contribution in [-0.4, -0.2) is 60.9 Å². The number of benzene rings is 1. The fraction of sp³-hybridized carbons (Fsp3) is 0.353. The van der Waals surface area contributed by atoms with Gasteiger partial charge in [0.25, 0.3) is 5.91 Å². The number of aromatic nitrogens is 2. The van der Waals surface area contributed by atoms with Gasteiger partial charge < -0.3 is 15.0 Å². The standard InChI is InChI=1S/C17H19N5O4S/c1-12-16(23)20-14-4-3-13(11-15(14)26-12)27(24,25)22-9-7-21(8-10-22)17-18-5-2-6-19-17/h2-6,11-12H,7-10H2,1H3,(H,20,23)/t12-/m1/s1. The summed E-state index contributed by atoms with van der Waals surface area (Å²) < 4.78 is 33.0. The number of fused-ring (bicyclic) bond motifs is 1. The van der Waals surface area contributed by atoms with Gasteiger partial charge >= 0.3 is 0 Å². The number of nitrogens with zero attached hydrogens (tertiary/aromatic N) is 4. The van der Waals surface area contributed by atoms with Gasteiger partial charge in [-0.1, -0.05) is 0 Å². The minimum absolute atomic E-state index is 0.147. The topological polar surface area (TPSA) is 105 Å². The van der Waals surface area contributed by atoms with E-state index >= 15 is 0 Å². The molecule has 1 N–H and O–H groups in total. The summed E-state index contributed by atoms with van der Waals surface area (Å²) >= 11 is 0. The number of carbonyl (C=O) groups is 1. The lowest BCUT2D eigenvalue weighted by molar-refractivity contribution is -0.122. The number of piperazine rings is 1. The molecule has 0 radical (unpaired) electrons. The molecule has 9 nitrogen and oxygen atoms in total. The Kier molecular flexibility index (Phi) is 4.44. The van der Waals surface area contributed by atoms with Crippen LogP contribution in [0.4, 0.5) is 11.6 Å². The molecule has 1 aromatic carbocycles. The quantitative estimate of drug-likeness (QED) is 0.824. The van der Waals surface area contributed by atoms with Crippen LogP contribution in [0, 0.1) is 0 Å². The third-order valence-electron chi connectivity index (χ3n) is 4.60. The van der Waals surface area contributed by atoms with E-state index in [1.165, 1.54) is 16.4 Å². The molecule has 1 aromatic heterocycles. The van der Waals surface area contributed by atoms with Crippen molar-refractivity contribution in [2.45, 2.75) is 17.9 Å². The molecule has 2 aliphatic heterocycles. The average Bonchev–Trinajstić information content (AvgIpc) is 2.69. The fourth-order valence-electron chi connectivity index (χ4n) is 3.07. The first kappa shape index (κ1) is 17.7. The molecule has 142 valence electrons. The molecule has 0 bridgehead atoms. The van der Waals surface area contributed by atoms with Gasteiger partial charge in [-0.3, -0.25) is 4.79 Å². The second kappa shape index (κ2) is 6.78. The smallest absolute Gasteiger partial charge is 0.265 e. The van der Waals surface area contributed by atoms with Crippen LogP contribution in [0.2, 0.25) is 0 Å². The van der Waals surface area contributed by atoms with Crippen molar-refractivity contribution in [1.82, 2.24) is 14.3 Å². The number of anilines is 2. The van der Waals surface area contributed by atoms with Crippen LogP contribution in [0.3, 0.4) is 0 Å². The van der Waals surface area contributed by atoms with Crippen molar-refractivity contribution in [1.29, 1.82) is 0 Å². The number of sulfonamides is 1. The van der Waals surface area contributed by atoms with Gasteiger partial charge in [-0.05, 0) is 25.1 Å². The second-order valence-corrected chi connectivity index (χ2v) is 8.29. The van der Waals surface area contributed by atoms with E-state index in [0.717, 1.165) is 0 Å². The summed E-state index contributed by atoms with van der Waals surface area (Å²) in [6.07, 6.45) is 2.67. The van der Waals surface area contributed by atoms with Crippen LogP contribution in [0.5, 0.6) is 5.75 Å². The highest BCUT2D eigenvalue weighted by atomic mass is 32.2. The maximum atomic E-state index is 13.0. The van der Waals surface area contributed by atoms with E-state index in [-0.39, 0.29) is 10.8 Å². The number of ether oxygens (including phenoxy) is 1. The Bertz CT molecular complexity index is 959. The Balaban J connectivity index is 1.51. The van der Waals surface area contributed by atoms with Gasteiger partial charge in [0.05, 0.1) is 10.6 Å². The van der Waals surface area contributed by atoms with Crippen molar-refractivity contribution in [3.05, 3.63) is 36.7 Å². The van der Waals surface area contributed by atoms with Crippen molar-refractivity contribution in [2.24, 2.45) is 0 Å². The lowest BCUT2D eigenvalue weighted by atomic mass is 10.2. The van der Waals surface area contributed by atoms with E-state index in [9.17, 15) is 13.2 Å². The molecule has 2 aliphatic rings. The van der Waals surface area contributed by atoms with Crippen LogP contribution < -0.4 is 15.0 Å². The molecule has 27 heavy (non-hydrogen) atoms. The highest BCUT2D eigenvalue weighted by Crippen LogP contribution is 2.33. The molecule has 0 saturated carbocycles. The van der Waals surface area contributed by atoms with Crippen LogP contribution in [0.25, 0.3) is 0 Å². The predicted octanol–water partition coefficient (Wildman–Crippen LogP) is 0.707. The number of rotatable bonds is 3. The number of nitrogens with one attached hydrogen (secondary N) is 1. The van der Waals surface area contributed by atoms with Crippen molar-refractivity contribution in [3.63, 3.8) is 0 Å². The third kappa shape index (κ3) is 3.33. The van der Waals surface area contributed by atoms with Crippen molar-refractivity contribution in [3.8, 4) is 5.75 Å². The molecular weight excluding hydrogens is 370 g/mol. The van der Waals surface area contributed by atoms with Crippen molar-refractivity contribution < 1.29 is 17.9 Å². The highest BCUT2D eigenvalue weighted by molar-refractivity contribution is 7.89. The number of hydrogen-bond acceptors (Lipinski definition) is 7. The molecule has 10 heteroatoms. The Morgan fingerprint density at radius 2 is 1.85 bits per heavy atom. The summed E-state index contributed by atoms with van der Waals surface area (Å²) in [5.41, 5.74) is 0.475. The zero-order valence-electron chi connectivity index (χ0n) is 14.7. The fourth-order valence-corrected chi connectivity index (χ4v) is 4.51. The summed E-state index contributed by atoms with van der Waals surface area (Å²) in [7, 11) is -3.66. The summed E-state index contributed by atoms with van der Waals surface area (Å²) in [5, 5.41) is 2.70. The van der Waals surface area contributed by atoms with E-state index in [4.69, 9.17) is 4.74 Å². The number of hydrogen-bond donors (Lipinski definition) is 1. The molecule has 1 amide bonds. The summed E-state index contributed by atoms with van der Waals surface area (Å²) in [4.78, 5) is 22.2. The Labute approximate surface area is 157 Å². The maximum Gasteiger partial charge on any atom is 0.265 e. The Morgan fingerprint density at radius 1 is 1.15 bits per heavy atom. The van der Waals surface area contributed by atoms with E-state index in [1.807, 2.05) is 4.90 Å². The molecule has 1 atom stereocenters. The largest absolute Gasteiger partial charge is 0.479 e. The zero-order valence-corrected chi connectivity index (χ0v) is 15.5. The lowest BCUT2D eigenvalue weighted by Crippen LogP contribution is -2.49. The SMILES string of the molecule is C[C@H]1Oc2cc(S(=O)(=O)N3CCN(c4ncccn4)CC3)ccc2NC1=O. The first-order valence-electron chi connectivity index (χ1n) is 8.59. The second-order valence-electron chi connectivity index (χ2n) is 6.35. The molecule has 1 saturated heterocycles. The van der Waals surface area contributed by atoms with E-state index < -0.39 is 16.1 Å². The van der Waals surface area contributed by atoms with E-state index in [2.05, 4.69) is 15.3 Å². The molecule has 0 aliphatic carbocycles. The van der Waals surface area contributed by atoms with Gasteiger partial charge in [-0.25, -0.2) is 18.4 Å². The Morgan fingerprint density at radius 3 is 2.56 bits per heavy atom. The molecule has 0 unspecified atom stereocenters. The summed E-state index contributed by atoms with van der Waals surface area (Å²) in [5.74, 6) is 0.707. The molecule has 1 fully saturated rings. The first-order valence-corrected chi connectivity index (χ1v) is 10.0. The van der Waals surface area contributed by atoms with E-state index in [0.29, 0.717) is 43.6 Å². The van der Waals surface area contributed by atoms with Crippen LogP contribution >= 0.6 is 0 Å². The first-order chi connectivity index (χ1) is 12.9. The number of carbonyl (C=O) groups excluding carboxylic acids is 1. The predicted molar refractivity (Wildman–Crippen MR) is 98.2 cm³/mol. The monoisotopic (exact) mass is 389 g/mol. The molecule has 4 rings (SSSR count). The maximum absolute atomic E-state index is 13.0. The van der Waals surface area contributed by atoms with Crippen LogP contribution in [0.15, 0.2) is 41.6 Å². The van der Waals surface area contributed by atoms with Gasteiger partial charge in [-0.15, -0.1) is 0 Å². The average molecular weight is 389 g/mol. The summed E-state index contributed by atoms with van der Waals surface area (Å²) in [6.45, 7) is 3.32. The van der Waals surface area contributed by atoms with Gasteiger partial charge in [0, 0.05) is 44.6 Å². The van der Waals surface area contributed by atoms with Crippen molar-refractivity contribution >= 4 is 27.6 Å². The minimum atomic E-state index is -3.66. The molecule has 3 heterocycles. The van der Waals surface area contributed by atoms with Gasteiger partial charge in [0.1, 0.15) is 5.75 Å². The third-order valence-corrected chi connectivity index (χ3v) is 6.49.